The number of phenolic OH excluding ortho intramolecular Hbond substituents is 1. The molecule has 3 aromatic rings. The number of hydrogen-bond acceptors (Lipinski definition) is 5. The highest BCUT2D eigenvalue weighted by molar-refractivity contribution is 6.46. The molecule has 1 amide bonds. The van der Waals surface area contributed by atoms with E-state index in [4.69, 9.17) is 4.74 Å². The van der Waals surface area contributed by atoms with E-state index in [0.29, 0.717) is 36.4 Å². The number of carbonyl (C=O) groups is 2. The lowest BCUT2D eigenvalue weighted by molar-refractivity contribution is -0.139. The van der Waals surface area contributed by atoms with Crippen molar-refractivity contribution in [3.8, 4) is 11.5 Å². The number of ether oxygens (including phenoxy) is 1. The molecule has 1 aliphatic heterocycles. The van der Waals surface area contributed by atoms with Gasteiger partial charge in [-0.3, -0.25) is 9.59 Å². The summed E-state index contributed by atoms with van der Waals surface area (Å²) in [5.41, 5.74) is 2.96. The summed E-state index contributed by atoms with van der Waals surface area (Å²) in [4.78, 5) is 27.3. The molecule has 0 aliphatic carbocycles. The normalized spacial score (nSPS) is 17.2. The number of phenols is 1. The van der Waals surface area contributed by atoms with Gasteiger partial charge in [-0.1, -0.05) is 49.4 Å². The Balaban J connectivity index is 1.69. The molecular weight excluding hydrogens is 430 g/mol. The Morgan fingerprint density at radius 3 is 2.35 bits per heavy atom. The maximum Gasteiger partial charge on any atom is 0.295 e. The number of nitrogens with zero attached hydrogens (tertiary/aromatic N) is 1. The predicted octanol–water partition coefficient (Wildman–Crippen LogP) is 5.11. The Kier molecular flexibility index (Phi) is 6.68. The summed E-state index contributed by atoms with van der Waals surface area (Å²) in [7, 11) is 0. The first kappa shape index (κ1) is 23.1. The number of carbonyl (C=O) groups excluding carboxylic acids is 2. The number of aromatic hydroxyl groups is 1. The Bertz CT molecular complexity index is 1230. The van der Waals surface area contributed by atoms with Crippen LogP contribution in [0.15, 0.2) is 78.4 Å². The predicted molar refractivity (Wildman–Crippen MR) is 129 cm³/mol. The molecule has 174 valence electrons. The second-order valence-electron chi connectivity index (χ2n) is 8.34. The van der Waals surface area contributed by atoms with Crippen molar-refractivity contribution in [2.45, 2.75) is 32.9 Å². The molecule has 1 unspecified atom stereocenters. The van der Waals surface area contributed by atoms with E-state index < -0.39 is 17.7 Å². The van der Waals surface area contributed by atoms with Gasteiger partial charge in [0.15, 0.2) is 0 Å². The fraction of sp³-hybridized carbons (Fsp3) is 0.214. The quantitative estimate of drug-likeness (QED) is 0.292. The Hall–Kier alpha value is -4.06. The number of ketones is 1. The molecule has 1 atom stereocenters. The zero-order valence-electron chi connectivity index (χ0n) is 19.2. The van der Waals surface area contributed by atoms with E-state index in [1.54, 1.807) is 30.3 Å². The van der Waals surface area contributed by atoms with E-state index in [0.717, 1.165) is 11.1 Å². The number of aliphatic hydroxyl groups is 1. The van der Waals surface area contributed by atoms with Gasteiger partial charge in [0.2, 0.25) is 0 Å². The van der Waals surface area contributed by atoms with Gasteiger partial charge < -0.3 is 19.8 Å². The molecule has 0 radical (unpaired) electrons. The van der Waals surface area contributed by atoms with Gasteiger partial charge in [-0.25, -0.2) is 0 Å². The minimum Gasteiger partial charge on any atom is -0.508 e. The van der Waals surface area contributed by atoms with Gasteiger partial charge in [0, 0.05) is 12.1 Å². The second kappa shape index (κ2) is 9.83. The molecule has 1 fully saturated rings. The third kappa shape index (κ3) is 4.53. The first-order valence-electron chi connectivity index (χ1n) is 11.3. The van der Waals surface area contributed by atoms with E-state index in [-0.39, 0.29) is 17.1 Å². The van der Waals surface area contributed by atoms with Crippen molar-refractivity contribution >= 4 is 17.4 Å². The van der Waals surface area contributed by atoms with Crippen LogP contribution in [0.4, 0.5) is 0 Å². The van der Waals surface area contributed by atoms with Gasteiger partial charge in [0.05, 0.1) is 11.6 Å². The van der Waals surface area contributed by atoms with Crippen molar-refractivity contribution in [2.24, 2.45) is 0 Å². The molecule has 34 heavy (non-hydrogen) atoms. The zero-order chi connectivity index (χ0) is 24.2. The zero-order valence-corrected chi connectivity index (χ0v) is 19.2. The minimum atomic E-state index is -0.727. The van der Waals surface area contributed by atoms with Crippen LogP contribution in [0.2, 0.25) is 0 Å². The van der Waals surface area contributed by atoms with Crippen molar-refractivity contribution in [2.75, 3.05) is 6.54 Å². The van der Waals surface area contributed by atoms with Crippen LogP contribution in [0.25, 0.3) is 5.76 Å². The number of hydrogen-bond donors (Lipinski definition) is 2. The SMILES string of the molecule is CCCN1C(=O)C(=O)/C(=C(\O)c2ccc(OCc3ccccc3)c(C)c2)C1c1ccc(O)cc1. The summed E-state index contributed by atoms with van der Waals surface area (Å²) < 4.78 is 5.92. The van der Waals surface area contributed by atoms with Crippen molar-refractivity contribution in [1.82, 2.24) is 4.90 Å². The van der Waals surface area contributed by atoms with E-state index in [9.17, 15) is 19.8 Å². The molecule has 4 rings (SSSR count). The number of aliphatic hydroxyl groups excluding tert-OH is 1. The third-order valence-electron chi connectivity index (χ3n) is 5.90. The standard InChI is InChI=1S/C28H27NO5/c1-3-15-29-25(20-9-12-22(30)13-10-20)24(27(32)28(29)33)26(31)21-11-14-23(18(2)16-21)34-17-19-7-5-4-6-8-19/h4-14,16,25,30-31H,3,15,17H2,1-2H3/b26-24-. The number of likely N-dealkylation sites (tertiary alicyclic amines) is 1. The van der Waals surface area contributed by atoms with E-state index in [2.05, 4.69) is 0 Å². The van der Waals surface area contributed by atoms with Crippen LogP contribution in [0.1, 0.15) is 41.6 Å². The van der Waals surface area contributed by atoms with Gasteiger partial charge in [-0.15, -0.1) is 0 Å². The molecule has 1 heterocycles. The third-order valence-corrected chi connectivity index (χ3v) is 5.90. The molecule has 1 aliphatic rings. The van der Waals surface area contributed by atoms with Crippen LogP contribution in [0, 0.1) is 6.92 Å². The van der Waals surface area contributed by atoms with Crippen molar-refractivity contribution in [3.05, 3.63) is 101 Å². The molecule has 0 aromatic heterocycles. The van der Waals surface area contributed by atoms with Crippen LogP contribution in [0.5, 0.6) is 11.5 Å². The molecule has 0 saturated carbocycles. The van der Waals surface area contributed by atoms with Gasteiger partial charge in [0.1, 0.15) is 23.9 Å². The first-order chi connectivity index (χ1) is 16.4. The fourth-order valence-corrected chi connectivity index (χ4v) is 4.20. The van der Waals surface area contributed by atoms with Crippen LogP contribution < -0.4 is 4.74 Å². The summed E-state index contributed by atoms with van der Waals surface area (Å²) in [6.45, 7) is 4.57. The average molecular weight is 458 g/mol. The molecule has 1 saturated heterocycles. The van der Waals surface area contributed by atoms with Crippen LogP contribution in [0.3, 0.4) is 0 Å². The first-order valence-corrected chi connectivity index (χ1v) is 11.3. The average Bonchev–Trinajstić information content (AvgIpc) is 3.09. The summed E-state index contributed by atoms with van der Waals surface area (Å²) in [5, 5.41) is 20.9. The minimum absolute atomic E-state index is 0.0430. The second-order valence-corrected chi connectivity index (χ2v) is 8.34. The number of benzene rings is 3. The molecular formula is C28H27NO5. The fourth-order valence-electron chi connectivity index (χ4n) is 4.20. The van der Waals surface area contributed by atoms with Gasteiger partial charge in [0.25, 0.3) is 11.7 Å². The monoisotopic (exact) mass is 457 g/mol. The summed E-state index contributed by atoms with van der Waals surface area (Å²) in [6.07, 6.45) is 0.661. The topological polar surface area (TPSA) is 87.1 Å². The number of Topliss-reactive ketones (excluding diaryl/α,β-unsaturated/α-hetero) is 1. The van der Waals surface area contributed by atoms with Gasteiger partial charge >= 0.3 is 0 Å². The highest BCUT2D eigenvalue weighted by Gasteiger charge is 2.45. The maximum absolute atomic E-state index is 13.0. The van der Waals surface area contributed by atoms with Gasteiger partial charge in [-0.05, 0) is 60.4 Å². The van der Waals surface area contributed by atoms with Crippen LogP contribution in [-0.2, 0) is 16.2 Å². The Morgan fingerprint density at radius 1 is 1.00 bits per heavy atom. The number of amides is 1. The lowest BCUT2D eigenvalue weighted by Crippen LogP contribution is -2.30. The van der Waals surface area contributed by atoms with Crippen molar-refractivity contribution in [1.29, 1.82) is 0 Å². The molecule has 0 bridgehead atoms. The molecule has 6 heteroatoms. The Morgan fingerprint density at radius 2 is 1.71 bits per heavy atom. The lowest BCUT2D eigenvalue weighted by atomic mass is 9.94. The summed E-state index contributed by atoms with van der Waals surface area (Å²) >= 11 is 0. The molecule has 6 nitrogen and oxygen atoms in total. The largest absolute Gasteiger partial charge is 0.508 e. The number of rotatable bonds is 7. The van der Waals surface area contributed by atoms with Crippen LogP contribution in [-0.4, -0.2) is 33.3 Å². The van der Waals surface area contributed by atoms with E-state index in [1.807, 2.05) is 44.2 Å². The highest BCUT2D eigenvalue weighted by Crippen LogP contribution is 2.40. The smallest absolute Gasteiger partial charge is 0.295 e. The summed E-state index contributed by atoms with van der Waals surface area (Å²) in [5.74, 6) is -0.834. The summed E-state index contributed by atoms with van der Waals surface area (Å²) in [6, 6.07) is 20.6. The molecule has 2 N–H and O–H groups in total. The maximum atomic E-state index is 13.0. The molecule has 3 aromatic carbocycles. The number of aryl methyl sites for hydroxylation is 1. The van der Waals surface area contributed by atoms with E-state index >= 15 is 0 Å². The molecule has 0 spiro atoms. The van der Waals surface area contributed by atoms with Gasteiger partial charge in [-0.2, -0.15) is 0 Å². The Labute approximate surface area is 198 Å². The highest BCUT2D eigenvalue weighted by atomic mass is 16.5. The van der Waals surface area contributed by atoms with Crippen molar-refractivity contribution < 1.29 is 24.5 Å². The van der Waals surface area contributed by atoms with Crippen LogP contribution >= 0.6 is 0 Å². The van der Waals surface area contributed by atoms with E-state index in [1.165, 1.54) is 17.0 Å². The lowest BCUT2D eigenvalue weighted by Gasteiger charge is -2.25. The van der Waals surface area contributed by atoms with Crippen molar-refractivity contribution in [3.63, 3.8) is 0 Å².